The van der Waals surface area contributed by atoms with Crippen molar-refractivity contribution in [1.82, 2.24) is 9.13 Å². The first kappa shape index (κ1) is 36.5. The lowest BCUT2D eigenvalue weighted by atomic mass is 10.0. The van der Waals surface area contributed by atoms with Gasteiger partial charge in [-0.2, -0.15) is 0 Å². The topological polar surface area (TPSA) is 13.1 Å². The molecule has 4 heteroatoms. The summed E-state index contributed by atoms with van der Waals surface area (Å²) in [6.45, 7) is 0. The molecule has 13 rings (SSSR count). The summed E-state index contributed by atoms with van der Waals surface area (Å²) < 4.78 is 7.31. The lowest BCUT2D eigenvalue weighted by Gasteiger charge is -2.26. The number of hydrogen-bond donors (Lipinski definition) is 0. The Morgan fingerprint density at radius 2 is 0.719 bits per heavy atom. The van der Waals surface area contributed by atoms with E-state index in [1.54, 1.807) is 0 Å². The first-order valence-electron chi connectivity index (χ1n) is 21.8. The van der Waals surface area contributed by atoms with Crippen molar-refractivity contribution < 1.29 is 0 Å². The van der Waals surface area contributed by atoms with Crippen LogP contribution in [0.25, 0.3) is 97.4 Å². The second-order valence-electron chi connectivity index (χ2n) is 16.6. The summed E-state index contributed by atoms with van der Waals surface area (Å²) in [5.41, 5.74) is 15.3. The van der Waals surface area contributed by atoms with Gasteiger partial charge in [-0.25, -0.2) is 0 Å². The highest BCUT2D eigenvalue weighted by Crippen LogP contribution is 2.44. The Bertz CT molecular complexity index is 3880. The van der Waals surface area contributed by atoms with Gasteiger partial charge < -0.3 is 14.0 Å². The minimum Gasteiger partial charge on any atom is -0.310 e. The van der Waals surface area contributed by atoms with E-state index in [0.717, 1.165) is 22.7 Å². The van der Waals surface area contributed by atoms with Crippen LogP contribution in [0.1, 0.15) is 0 Å². The largest absolute Gasteiger partial charge is 0.310 e. The van der Waals surface area contributed by atoms with Crippen LogP contribution in [0.4, 0.5) is 17.1 Å². The van der Waals surface area contributed by atoms with Crippen molar-refractivity contribution in [3.8, 4) is 33.6 Å². The predicted molar refractivity (Wildman–Crippen MR) is 274 cm³/mol. The number of anilines is 3. The zero-order chi connectivity index (χ0) is 42.1. The number of rotatable bonds is 7. The maximum absolute atomic E-state index is 2.42. The summed E-state index contributed by atoms with van der Waals surface area (Å²) in [7, 11) is 0. The monoisotopic (exact) mass is 833 g/mol. The molecule has 0 amide bonds. The van der Waals surface area contributed by atoms with E-state index in [4.69, 9.17) is 0 Å². The van der Waals surface area contributed by atoms with Crippen LogP contribution in [0.2, 0.25) is 0 Å². The fourth-order valence-electron chi connectivity index (χ4n) is 9.93. The Kier molecular flexibility index (Phi) is 8.40. The average molecular weight is 834 g/mol. The molecule has 300 valence electrons. The van der Waals surface area contributed by atoms with Crippen LogP contribution in [-0.2, 0) is 0 Å². The second kappa shape index (κ2) is 14.7. The molecular weight excluding hydrogens is 795 g/mol. The highest BCUT2D eigenvalue weighted by Gasteiger charge is 2.20. The molecule has 10 aromatic carbocycles. The number of fused-ring (bicyclic) bond motifs is 9. The van der Waals surface area contributed by atoms with Crippen molar-refractivity contribution in [2.24, 2.45) is 0 Å². The van der Waals surface area contributed by atoms with Gasteiger partial charge in [-0.3, -0.25) is 0 Å². The van der Waals surface area contributed by atoms with Gasteiger partial charge in [-0.1, -0.05) is 133 Å². The Balaban J connectivity index is 0.939. The quantitative estimate of drug-likeness (QED) is 0.156. The molecule has 0 saturated carbocycles. The maximum Gasteiger partial charge on any atom is 0.0542 e. The number of nitrogens with zero attached hydrogens (tertiary/aromatic N) is 3. The van der Waals surface area contributed by atoms with E-state index in [2.05, 4.69) is 251 Å². The van der Waals surface area contributed by atoms with Crippen LogP contribution in [-0.4, -0.2) is 9.13 Å². The molecule has 0 spiro atoms. The molecule has 0 radical (unpaired) electrons. The molecular formula is C60H39N3S. The summed E-state index contributed by atoms with van der Waals surface area (Å²) in [6.07, 6.45) is 0. The van der Waals surface area contributed by atoms with Crippen LogP contribution in [0.15, 0.2) is 237 Å². The van der Waals surface area contributed by atoms with Crippen molar-refractivity contribution in [1.29, 1.82) is 0 Å². The lowest BCUT2D eigenvalue weighted by Crippen LogP contribution is -2.09. The SMILES string of the molecule is c1ccc(-c2ccc(N(c3ccc4c(c3)sc3ccc(-c5ccc6c(c5)c5ccccc5n6-c5ccccc5)cc34)c3ccc4c(c3)c3ccccc3n4-c3ccccc3)cc2)cc1. The fraction of sp³-hybridized carbons (Fsp3) is 0. The van der Waals surface area contributed by atoms with Crippen LogP contribution >= 0.6 is 11.3 Å². The number of para-hydroxylation sites is 4. The Hall–Kier alpha value is -8.18. The first-order chi connectivity index (χ1) is 31.7. The minimum absolute atomic E-state index is 1.11. The maximum atomic E-state index is 2.42. The van der Waals surface area contributed by atoms with Crippen molar-refractivity contribution in [2.75, 3.05) is 4.90 Å². The average Bonchev–Trinajstić information content (AvgIpc) is 4.02. The van der Waals surface area contributed by atoms with Gasteiger partial charge in [-0.05, 0) is 125 Å². The highest BCUT2D eigenvalue weighted by atomic mass is 32.1. The molecule has 0 atom stereocenters. The van der Waals surface area contributed by atoms with Crippen molar-refractivity contribution in [3.05, 3.63) is 237 Å². The Morgan fingerprint density at radius 1 is 0.266 bits per heavy atom. The molecule has 64 heavy (non-hydrogen) atoms. The van der Waals surface area contributed by atoms with Gasteiger partial charge in [0.05, 0.1) is 22.1 Å². The van der Waals surface area contributed by atoms with E-state index < -0.39 is 0 Å². The fourth-order valence-corrected chi connectivity index (χ4v) is 11.0. The number of aromatic nitrogens is 2. The number of benzene rings is 10. The van der Waals surface area contributed by atoms with Gasteiger partial charge in [-0.15, -0.1) is 11.3 Å². The van der Waals surface area contributed by atoms with Gasteiger partial charge in [0.25, 0.3) is 0 Å². The van der Waals surface area contributed by atoms with E-state index >= 15 is 0 Å². The molecule has 0 fully saturated rings. The van der Waals surface area contributed by atoms with Crippen molar-refractivity contribution in [2.45, 2.75) is 0 Å². The van der Waals surface area contributed by atoms with Crippen LogP contribution in [0, 0.1) is 0 Å². The molecule has 3 aromatic heterocycles. The molecule has 0 N–H and O–H groups in total. The van der Waals surface area contributed by atoms with E-state index in [1.807, 2.05) is 11.3 Å². The predicted octanol–water partition coefficient (Wildman–Crippen LogP) is 17.1. The van der Waals surface area contributed by atoms with Crippen LogP contribution in [0.5, 0.6) is 0 Å². The Morgan fingerprint density at radius 3 is 1.38 bits per heavy atom. The number of thiophene rings is 1. The molecule has 3 nitrogen and oxygen atoms in total. The molecule has 0 bridgehead atoms. The van der Waals surface area contributed by atoms with Crippen LogP contribution < -0.4 is 4.90 Å². The zero-order valence-electron chi connectivity index (χ0n) is 34.8. The summed E-state index contributed by atoms with van der Waals surface area (Å²) >= 11 is 1.86. The minimum atomic E-state index is 1.11. The van der Waals surface area contributed by atoms with Crippen molar-refractivity contribution in [3.63, 3.8) is 0 Å². The molecule has 0 aliphatic heterocycles. The second-order valence-corrected chi connectivity index (χ2v) is 17.6. The molecule has 13 aromatic rings. The third-order valence-corrected chi connectivity index (χ3v) is 14.0. The molecule has 3 heterocycles. The van der Waals surface area contributed by atoms with Gasteiger partial charge in [0.2, 0.25) is 0 Å². The van der Waals surface area contributed by atoms with Crippen LogP contribution in [0.3, 0.4) is 0 Å². The summed E-state index contributed by atoms with van der Waals surface area (Å²) in [6, 6.07) is 86.4. The van der Waals surface area contributed by atoms with Gasteiger partial charge >= 0.3 is 0 Å². The van der Waals surface area contributed by atoms with E-state index in [-0.39, 0.29) is 0 Å². The third kappa shape index (κ3) is 5.88. The van der Waals surface area contributed by atoms with Gasteiger partial charge in [0, 0.05) is 70.2 Å². The van der Waals surface area contributed by atoms with Gasteiger partial charge in [0.1, 0.15) is 0 Å². The lowest BCUT2D eigenvalue weighted by molar-refractivity contribution is 1.18. The smallest absolute Gasteiger partial charge is 0.0542 e. The molecule has 0 saturated heterocycles. The summed E-state index contributed by atoms with van der Waals surface area (Å²) in [5.74, 6) is 0. The molecule has 0 aliphatic carbocycles. The summed E-state index contributed by atoms with van der Waals surface area (Å²) in [5, 5.41) is 7.54. The first-order valence-corrected chi connectivity index (χ1v) is 22.6. The standard InChI is InChI=1S/C60H39N3S/c1-4-14-40(15-5-1)41-24-28-46(29-25-41)61(47-31-34-58-53(38-47)50-21-11-13-23-56(50)63(58)45-18-8-3-9-19-45)48-30-32-51-54-37-43(27-35-59(54)64-60(51)39-48)42-26-33-57-52(36-42)49-20-10-12-22-55(49)62(57)44-16-6-2-7-17-44/h1-39H. The molecule has 0 unspecified atom stereocenters. The van der Waals surface area contributed by atoms with E-state index in [9.17, 15) is 0 Å². The van der Waals surface area contributed by atoms with E-state index in [1.165, 1.54) is 91.7 Å². The normalized spacial score (nSPS) is 11.8. The highest BCUT2D eigenvalue weighted by molar-refractivity contribution is 7.25. The molecule has 0 aliphatic rings. The van der Waals surface area contributed by atoms with Gasteiger partial charge in [0.15, 0.2) is 0 Å². The third-order valence-electron chi connectivity index (χ3n) is 12.9. The Labute approximate surface area is 374 Å². The van der Waals surface area contributed by atoms with Crippen molar-refractivity contribution >= 4 is 92.2 Å². The number of hydrogen-bond acceptors (Lipinski definition) is 2. The summed E-state index contributed by atoms with van der Waals surface area (Å²) in [4.78, 5) is 2.42. The van der Waals surface area contributed by atoms with E-state index in [0.29, 0.717) is 0 Å². The zero-order valence-corrected chi connectivity index (χ0v) is 35.6.